The van der Waals surface area contributed by atoms with Gasteiger partial charge in [-0.25, -0.2) is 13.1 Å². The fourth-order valence-corrected chi connectivity index (χ4v) is 2.86. The Balaban J connectivity index is 1.95. The zero-order valence-corrected chi connectivity index (χ0v) is 12.4. The van der Waals surface area contributed by atoms with Crippen LogP contribution < -0.4 is 9.46 Å². The van der Waals surface area contributed by atoms with Crippen molar-refractivity contribution in [1.82, 2.24) is 4.72 Å². The fourth-order valence-electron chi connectivity index (χ4n) is 1.82. The first-order valence-electron chi connectivity index (χ1n) is 6.41. The maximum absolute atomic E-state index is 12.1. The molecule has 0 amide bonds. The second-order valence-electron chi connectivity index (χ2n) is 4.47. The first-order chi connectivity index (χ1) is 10.0. The summed E-state index contributed by atoms with van der Waals surface area (Å²) in [7, 11) is -2.01. The van der Waals surface area contributed by atoms with Crippen molar-refractivity contribution in [3.63, 3.8) is 0 Å². The van der Waals surface area contributed by atoms with E-state index in [1.54, 1.807) is 24.3 Å². The van der Waals surface area contributed by atoms with E-state index < -0.39 is 10.0 Å². The van der Waals surface area contributed by atoms with Crippen LogP contribution in [0.15, 0.2) is 53.4 Å². The molecule has 0 unspecified atom stereocenters. The highest BCUT2D eigenvalue weighted by molar-refractivity contribution is 7.89. The predicted molar refractivity (Wildman–Crippen MR) is 78.5 cm³/mol. The first-order valence-corrected chi connectivity index (χ1v) is 7.89. The monoisotopic (exact) mass is 306 g/mol. The number of benzene rings is 2. The second kappa shape index (κ2) is 6.60. The molecule has 2 aromatic rings. The van der Waals surface area contributed by atoms with E-state index in [0.29, 0.717) is 12.2 Å². The number of hydrogen-bond acceptors (Lipinski definition) is 3. The third-order valence-corrected chi connectivity index (χ3v) is 4.48. The van der Waals surface area contributed by atoms with Gasteiger partial charge in [0.05, 0.1) is 12.0 Å². The summed E-state index contributed by atoms with van der Waals surface area (Å²) in [4.78, 5) is 0.193. The molecule has 0 aliphatic carbocycles. The summed E-state index contributed by atoms with van der Waals surface area (Å²) in [5, 5.41) is 11.0. The molecule has 0 saturated heterocycles. The first kappa shape index (κ1) is 15.3. The van der Waals surface area contributed by atoms with E-state index in [2.05, 4.69) is 4.72 Å². The van der Waals surface area contributed by atoms with Crippen LogP contribution in [0.5, 0.6) is 11.5 Å². The standard InChI is InChI=1S/C15H16NO4S/c1-20-14-6-8-15(9-7-14)21(18,19)16-11-10-12-2-4-13(17)5-3-12/h2-9,16H,10-11H2,1H3. The Labute approximate surface area is 124 Å². The zero-order chi connectivity index (χ0) is 15.3. The average Bonchev–Trinajstić information content (AvgIpc) is 2.49. The molecule has 0 heterocycles. The lowest BCUT2D eigenvalue weighted by Gasteiger charge is -2.07. The van der Waals surface area contributed by atoms with E-state index in [4.69, 9.17) is 4.74 Å². The van der Waals surface area contributed by atoms with Crippen LogP contribution in [0.4, 0.5) is 0 Å². The molecule has 0 fully saturated rings. The highest BCUT2D eigenvalue weighted by atomic mass is 32.2. The highest BCUT2D eigenvalue weighted by Crippen LogP contribution is 2.15. The van der Waals surface area contributed by atoms with Crippen LogP contribution in [-0.2, 0) is 21.6 Å². The Morgan fingerprint density at radius 3 is 2.19 bits per heavy atom. The Morgan fingerprint density at radius 1 is 1.00 bits per heavy atom. The molecule has 0 atom stereocenters. The summed E-state index contributed by atoms with van der Waals surface area (Å²) >= 11 is 0. The van der Waals surface area contributed by atoms with Crippen LogP contribution in [0.2, 0.25) is 0 Å². The number of hydrogen-bond donors (Lipinski definition) is 1. The molecule has 0 spiro atoms. The van der Waals surface area contributed by atoms with E-state index in [-0.39, 0.29) is 17.2 Å². The second-order valence-corrected chi connectivity index (χ2v) is 6.23. The Morgan fingerprint density at radius 2 is 1.62 bits per heavy atom. The lowest BCUT2D eigenvalue weighted by atomic mass is 10.1. The molecule has 2 rings (SSSR count). The van der Waals surface area contributed by atoms with Gasteiger partial charge in [0.25, 0.3) is 0 Å². The van der Waals surface area contributed by atoms with Crippen LogP contribution in [0.1, 0.15) is 5.56 Å². The van der Waals surface area contributed by atoms with Gasteiger partial charge in [0.1, 0.15) is 5.75 Å². The van der Waals surface area contributed by atoms with E-state index in [0.717, 1.165) is 5.56 Å². The quantitative estimate of drug-likeness (QED) is 0.890. The van der Waals surface area contributed by atoms with Crippen molar-refractivity contribution in [2.45, 2.75) is 11.3 Å². The molecule has 21 heavy (non-hydrogen) atoms. The summed E-state index contributed by atoms with van der Waals surface area (Å²) in [5.41, 5.74) is 0.909. The number of sulfonamides is 1. The summed E-state index contributed by atoms with van der Waals surface area (Å²) in [6.45, 7) is 0.270. The molecule has 0 aliphatic rings. The number of methoxy groups -OCH3 is 1. The minimum Gasteiger partial charge on any atom is -0.497 e. The Hall–Kier alpha value is -2.05. The summed E-state index contributed by atoms with van der Waals surface area (Å²) in [5.74, 6) is 0.546. The number of rotatable bonds is 6. The fraction of sp³-hybridized carbons (Fsp3) is 0.200. The lowest BCUT2D eigenvalue weighted by Crippen LogP contribution is -2.25. The molecule has 1 N–H and O–H groups in total. The largest absolute Gasteiger partial charge is 0.497 e. The summed E-state index contributed by atoms with van der Waals surface area (Å²) in [6, 6.07) is 12.5. The molecule has 6 heteroatoms. The molecule has 111 valence electrons. The van der Waals surface area contributed by atoms with Gasteiger partial charge >= 0.3 is 0 Å². The van der Waals surface area contributed by atoms with Crippen molar-refractivity contribution in [1.29, 1.82) is 0 Å². The lowest BCUT2D eigenvalue weighted by molar-refractivity contribution is 0.355. The van der Waals surface area contributed by atoms with Crippen molar-refractivity contribution >= 4 is 10.0 Å². The van der Waals surface area contributed by atoms with Crippen LogP contribution in [0.25, 0.3) is 0 Å². The van der Waals surface area contributed by atoms with Gasteiger partial charge in [-0.2, -0.15) is 0 Å². The van der Waals surface area contributed by atoms with Crippen molar-refractivity contribution in [3.05, 3.63) is 54.1 Å². The SMILES string of the molecule is COc1ccc(S(=O)(=O)NCCc2ccc([O])cc2)cc1. The van der Waals surface area contributed by atoms with E-state index in [9.17, 15) is 13.5 Å². The molecule has 1 radical (unpaired) electrons. The van der Waals surface area contributed by atoms with Crippen LogP contribution in [-0.4, -0.2) is 22.1 Å². The van der Waals surface area contributed by atoms with Gasteiger partial charge < -0.3 is 4.74 Å². The predicted octanol–water partition coefficient (Wildman–Crippen LogP) is 2.36. The number of ether oxygens (including phenoxy) is 1. The van der Waals surface area contributed by atoms with Gasteiger partial charge in [-0.15, -0.1) is 0 Å². The Bertz CT molecular complexity index is 679. The van der Waals surface area contributed by atoms with Crippen molar-refractivity contribution < 1.29 is 18.3 Å². The van der Waals surface area contributed by atoms with Crippen molar-refractivity contribution in [2.24, 2.45) is 0 Å². The van der Waals surface area contributed by atoms with Gasteiger partial charge in [0, 0.05) is 6.54 Å². The van der Waals surface area contributed by atoms with E-state index >= 15 is 0 Å². The maximum Gasteiger partial charge on any atom is 0.240 e. The minimum atomic E-state index is -3.53. The van der Waals surface area contributed by atoms with Gasteiger partial charge in [0.15, 0.2) is 5.75 Å². The topological polar surface area (TPSA) is 75.3 Å². The Kier molecular flexibility index (Phi) is 4.82. The number of nitrogens with one attached hydrogen (secondary N) is 1. The van der Waals surface area contributed by atoms with E-state index in [1.165, 1.54) is 31.4 Å². The minimum absolute atomic E-state index is 0.0578. The highest BCUT2D eigenvalue weighted by Gasteiger charge is 2.13. The average molecular weight is 306 g/mol. The molecule has 2 aromatic carbocycles. The normalized spacial score (nSPS) is 11.3. The molecule has 0 bridgehead atoms. The van der Waals surface area contributed by atoms with Crippen LogP contribution in [0, 0.1) is 0 Å². The van der Waals surface area contributed by atoms with Gasteiger partial charge in [-0.1, -0.05) is 12.1 Å². The molecular formula is C15H16NO4S. The van der Waals surface area contributed by atoms with Crippen LogP contribution in [0.3, 0.4) is 0 Å². The van der Waals surface area contributed by atoms with Gasteiger partial charge in [-0.3, -0.25) is 5.11 Å². The molecule has 0 aliphatic heterocycles. The smallest absolute Gasteiger partial charge is 0.240 e. The van der Waals surface area contributed by atoms with Gasteiger partial charge in [0.2, 0.25) is 10.0 Å². The van der Waals surface area contributed by atoms with Crippen molar-refractivity contribution in [3.8, 4) is 11.5 Å². The maximum atomic E-state index is 12.1. The van der Waals surface area contributed by atoms with Crippen molar-refractivity contribution in [2.75, 3.05) is 13.7 Å². The van der Waals surface area contributed by atoms with Crippen LogP contribution >= 0.6 is 0 Å². The molecule has 5 nitrogen and oxygen atoms in total. The molecule has 0 saturated carbocycles. The summed E-state index contributed by atoms with van der Waals surface area (Å²) in [6.07, 6.45) is 0.523. The zero-order valence-electron chi connectivity index (χ0n) is 11.6. The third kappa shape index (κ3) is 4.21. The third-order valence-electron chi connectivity index (χ3n) is 3.00. The van der Waals surface area contributed by atoms with E-state index in [1.807, 2.05) is 0 Å². The summed E-state index contributed by atoms with van der Waals surface area (Å²) < 4.78 is 31.7. The molecule has 0 aromatic heterocycles. The van der Waals surface area contributed by atoms with Gasteiger partial charge in [-0.05, 0) is 48.4 Å². The molecular weight excluding hydrogens is 290 g/mol.